The fraction of sp³-hybridized carbons (Fsp3) is 0.636. The van der Waals surface area contributed by atoms with Gasteiger partial charge < -0.3 is 15.0 Å². The highest BCUT2D eigenvalue weighted by molar-refractivity contribution is 8.19. The molecule has 29 heavy (non-hydrogen) atoms. The Morgan fingerprint density at radius 1 is 1.14 bits per heavy atom. The van der Waals surface area contributed by atoms with Gasteiger partial charge >= 0.3 is 6.09 Å². The van der Waals surface area contributed by atoms with E-state index in [1.54, 1.807) is 0 Å². The zero-order valence-electron chi connectivity index (χ0n) is 18.0. The lowest BCUT2D eigenvalue weighted by molar-refractivity contribution is 0.0306. The number of hydrogen-bond donors (Lipinski definition) is 1. The van der Waals surface area contributed by atoms with E-state index in [1.807, 2.05) is 61.3 Å². The van der Waals surface area contributed by atoms with E-state index in [0.717, 1.165) is 5.56 Å². The van der Waals surface area contributed by atoms with Crippen LogP contribution in [-0.4, -0.2) is 53.1 Å². The molecule has 0 radical (unpaired) electrons. The zero-order valence-corrected chi connectivity index (χ0v) is 19.6. The zero-order chi connectivity index (χ0) is 21.2. The van der Waals surface area contributed by atoms with Crippen LogP contribution in [0.5, 0.6) is 0 Å². The number of nitrogens with one attached hydrogen (secondary N) is 1. The first-order valence-electron chi connectivity index (χ1n) is 10.2. The Balaban J connectivity index is 1.60. The highest BCUT2D eigenvalue weighted by Gasteiger charge is 2.39. The number of nitrogens with zero attached hydrogens (tertiary/aromatic N) is 1. The van der Waals surface area contributed by atoms with Crippen molar-refractivity contribution in [2.24, 2.45) is 5.41 Å². The van der Waals surface area contributed by atoms with Crippen LogP contribution in [0, 0.1) is 5.41 Å². The van der Waals surface area contributed by atoms with E-state index in [0.29, 0.717) is 24.1 Å². The summed E-state index contributed by atoms with van der Waals surface area (Å²) in [4.78, 5) is 27.1. The van der Waals surface area contributed by atoms with E-state index in [-0.39, 0.29) is 17.4 Å². The third kappa shape index (κ3) is 5.85. The highest BCUT2D eigenvalue weighted by Crippen LogP contribution is 2.45. The molecular formula is C22H32N2O3S2. The summed E-state index contributed by atoms with van der Waals surface area (Å²) in [6.07, 6.45) is 0.319. The first-order chi connectivity index (χ1) is 13.5. The van der Waals surface area contributed by atoms with Gasteiger partial charge in [0.15, 0.2) is 0 Å². The van der Waals surface area contributed by atoms with Crippen LogP contribution in [0.3, 0.4) is 0 Å². The van der Waals surface area contributed by atoms with Crippen molar-refractivity contribution in [2.75, 3.05) is 24.6 Å². The van der Waals surface area contributed by atoms with Gasteiger partial charge in [-0.15, -0.1) is 23.5 Å². The van der Waals surface area contributed by atoms with E-state index < -0.39 is 11.7 Å². The van der Waals surface area contributed by atoms with Crippen LogP contribution in [0.15, 0.2) is 24.3 Å². The van der Waals surface area contributed by atoms with E-state index >= 15 is 0 Å². The fourth-order valence-corrected chi connectivity index (χ4v) is 6.62. The predicted molar refractivity (Wildman–Crippen MR) is 122 cm³/mol. The summed E-state index contributed by atoms with van der Waals surface area (Å²) in [5, 5.41) is 3.00. The smallest absolute Gasteiger partial charge is 0.407 e. The van der Waals surface area contributed by atoms with Gasteiger partial charge in [0, 0.05) is 41.6 Å². The number of benzene rings is 1. The third-order valence-corrected chi connectivity index (χ3v) is 8.36. The minimum Gasteiger partial charge on any atom is -0.444 e. The van der Waals surface area contributed by atoms with Crippen molar-refractivity contribution in [2.45, 2.75) is 57.3 Å². The number of amides is 2. The summed E-state index contributed by atoms with van der Waals surface area (Å²) < 4.78 is 5.89. The van der Waals surface area contributed by atoms with Gasteiger partial charge in [-0.2, -0.15) is 0 Å². The lowest BCUT2D eigenvalue weighted by atomic mass is 9.79. The van der Waals surface area contributed by atoms with Gasteiger partial charge in [-0.3, -0.25) is 4.79 Å². The Bertz CT molecular complexity index is 737. The van der Waals surface area contributed by atoms with E-state index in [2.05, 4.69) is 31.3 Å². The Labute approximate surface area is 182 Å². The molecule has 1 atom stereocenters. The molecule has 0 spiro atoms. The van der Waals surface area contributed by atoms with Gasteiger partial charge in [0.2, 0.25) is 0 Å². The number of alkyl carbamates (subject to hydrolysis) is 1. The van der Waals surface area contributed by atoms with Gasteiger partial charge in [-0.25, -0.2) is 4.79 Å². The molecular weight excluding hydrogens is 404 g/mol. The van der Waals surface area contributed by atoms with Crippen LogP contribution >= 0.6 is 23.5 Å². The van der Waals surface area contributed by atoms with Crippen molar-refractivity contribution < 1.29 is 14.3 Å². The summed E-state index contributed by atoms with van der Waals surface area (Å²) in [6.45, 7) is 11.0. The predicted octanol–water partition coefficient (Wildman–Crippen LogP) is 4.93. The Hall–Kier alpha value is -1.34. The number of likely N-dealkylation sites (tertiary alicyclic amines) is 1. The Morgan fingerprint density at radius 2 is 1.76 bits per heavy atom. The molecule has 1 aromatic rings. The topological polar surface area (TPSA) is 58.6 Å². The first-order valence-corrected chi connectivity index (χ1v) is 12.3. The van der Waals surface area contributed by atoms with Crippen molar-refractivity contribution in [1.29, 1.82) is 0 Å². The molecule has 0 saturated carbocycles. The third-order valence-electron chi connectivity index (χ3n) is 5.26. The molecule has 2 saturated heterocycles. The average Bonchev–Trinajstić information content (AvgIpc) is 3.16. The number of carbonyl (C=O) groups excluding carboxylic acids is 2. The molecule has 0 bridgehead atoms. The number of thioether (sulfide) groups is 2. The minimum absolute atomic E-state index is 0.0276. The van der Waals surface area contributed by atoms with Gasteiger partial charge in [0.1, 0.15) is 5.60 Å². The second-order valence-electron chi connectivity index (χ2n) is 9.40. The second kappa shape index (κ2) is 8.80. The molecule has 1 aromatic carbocycles. The van der Waals surface area contributed by atoms with E-state index in [9.17, 15) is 9.59 Å². The molecule has 1 unspecified atom stereocenters. The van der Waals surface area contributed by atoms with E-state index in [4.69, 9.17) is 4.74 Å². The van der Waals surface area contributed by atoms with Crippen LogP contribution in [-0.2, 0) is 4.74 Å². The van der Waals surface area contributed by atoms with Crippen LogP contribution in [0.1, 0.15) is 61.5 Å². The molecule has 7 heteroatoms. The summed E-state index contributed by atoms with van der Waals surface area (Å²) in [5.74, 6) is 2.45. The normalized spacial score (nSPS) is 22.4. The largest absolute Gasteiger partial charge is 0.444 e. The number of ether oxygens (including phenoxy) is 1. The maximum absolute atomic E-state index is 13.0. The van der Waals surface area contributed by atoms with Crippen molar-refractivity contribution in [1.82, 2.24) is 10.2 Å². The van der Waals surface area contributed by atoms with Crippen molar-refractivity contribution in [3.8, 4) is 0 Å². The van der Waals surface area contributed by atoms with Crippen molar-refractivity contribution >= 4 is 35.5 Å². The monoisotopic (exact) mass is 436 g/mol. The molecule has 160 valence electrons. The summed E-state index contributed by atoms with van der Waals surface area (Å²) in [5.41, 5.74) is 1.26. The fourth-order valence-electron chi connectivity index (χ4n) is 3.76. The number of carbonyl (C=O) groups is 2. The van der Waals surface area contributed by atoms with Gasteiger partial charge in [0.25, 0.3) is 5.91 Å². The minimum atomic E-state index is -0.521. The highest BCUT2D eigenvalue weighted by atomic mass is 32.2. The molecule has 1 N–H and O–H groups in total. The number of hydrogen-bond acceptors (Lipinski definition) is 5. The molecule has 2 aliphatic heterocycles. The van der Waals surface area contributed by atoms with Gasteiger partial charge in [0.05, 0.1) is 4.58 Å². The maximum atomic E-state index is 13.0. The van der Waals surface area contributed by atoms with Crippen LogP contribution < -0.4 is 5.32 Å². The van der Waals surface area contributed by atoms with Crippen LogP contribution in [0.4, 0.5) is 4.79 Å². The van der Waals surface area contributed by atoms with E-state index in [1.165, 1.54) is 17.1 Å². The maximum Gasteiger partial charge on any atom is 0.407 e. The lowest BCUT2D eigenvalue weighted by Crippen LogP contribution is -2.57. The summed E-state index contributed by atoms with van der Waals surface area (Å²) in [7, 11) is 0. The van der Waals surface area contributed by atoms with Crippen LogP contribution in [0.2, 0.25) is 0 Å². The van der Waals surface area contributed by atoms with Crippen molar-refractivity contribution in [3.05, 3.63) is 35.4 Å². The molecule has 2 heterocycles. The number of piperidine rings is 1. The summed E-state index contributed by atoms with van der Waals surface area (Å²) in [6, 6.07) is 8.06. The lowest BCUT2D eigenvalue weighted by Gasteiger charge is -2.44. The van der Waals surface area contributed by atoms with Crippen LogP contribution in [0.25, 0.3) is 0 Å². The summed E-state index contributed by atoms with van der Waals surface area (Å²) >= 11 is 3.94. The quantitative estimate of drug-likeness (QED) is 0.728. The molecule has 2 fully saturated rings. The number of rotatable bonds is 3. The molecule has 0 aromatic heterocycles. The van der Waals surface area contributed by atoms with Gasteiger partial charge in [-0.1, -0.05) is 26.0 Å². The molecule has 2 aliphatic rings. The SMILES string of the molecule is CC(C)(C)OC(=O)NC1CCN(C(=O)c2ccc(C3SCCS3)cc2)CC1(C)C. The Kier molecular flexibility index (Phi) is 6.78. The Morgan fingerprint density at radius 3 is 2.31 bits per heavy atom. The standard InChI is InChI=1S/C22H32N2O3S2/c1-21(2,3)27-20(26)23-17-10-11-24(14-22(17,4)5)18(25)15-6-8-16(9-7-15)19-28-12-13-29-19/h6-9,17,19H,10-14H2,1-5H3,(H,23,26). The van der Waals surface area contributed by atoms with Crippen molar-refractivity contribution in [3.63, 3.8) is 0 Å². The molecule has 3 rings (SSSR count). The average molecular weight is 437 g/mol. The molecule has 5 nitrogen and oxygen atoms in total. The van der Waals surface area contributed by atoms with Gasteiger partial charge in [-0.05, 0) is 44.9 Å². The molecule has 0 aliphatic carbocycles. The molecule has 2 amide bonds. The second-order valence-corrected chi connectivity index (χ2v) is 12.1. The first kappa shape index (κ1) is 22.3.